The van der Waals surface area contributed by atoms with E-state index in [-0.39, 0.29) is 16.9 Å². The normalized spacial score (nSPS) is 24.2. The van der Waals surface area contributed by atoms with Crippen molar-refractivity contribution in [3.63, 3.8) is 0 Å². The Hall–Kier alpha value is -0.610. The Morgan fingerprint density at radius 3 is 2.67 bits per heavy atom. The van der Waals surface area contributed by atoms with Gasteiger partial charge in [0.15, 0.2) is 0 Å². The molecule has 0 radical (unpaired) electrons. The summed E-state index contributed by atoms with van der Waals surface area (Å²) in [6.45, 7) is 11.1. The summed E-state index contributed by atoms with van der Waals surface area (Å²) in [4.78, 5) is 12.4. The van der Waals surface area contributed by atoms with Gasteiger partial charge in [-0.3, -0.25) is 4.79 Å². The van der Waals surface area contributed by atoms with Crippen molar-refractivity contribution in [1.82, 2.24) is 10.6 Å². The second-order valence-electron chi connectivity index (χ2n) is 5.83. The van der Waals surface area contributed by atoms with Gasteiger partial charge in [-0.15, -0.1) is 0 Å². The lowest BCUT2D eigenvalue weighted by atomic mass is 9.81. The monoisotopic (exact) mass is 256 g/mol. The Balaban J connectivity index is 2.52. The van der Waals surface area contributed by atoms with E-state index >= 15 is 0 Å². The topological polar surface area (TPSA) is 50.4 Å². The van der Waals surface area contributed by atoms with Gasteiger partial charge in [0.1, 0.15) is 0 Å². The van der Waals surface area contributed by atoms with Gasteiger partial charge < -0.3 is 15.4 Å². The molecule has 0 saturated carbocycles. The number of nitrogens with one attached hydrogen (secondary N) is 2. The predicted octanol–water partition coefficient (Wildman–Crippen LogP) is 1.70. The van der Waals surface area contributed by atoms with Crippen LogP contribution in [0.2, 0.25) is 0 Å². The summed E-state index contributed by atoms with van der Waals surface area (Å²) in [6, 6.07) is 0. The van der Waals surface area contributed by atoms with Gasteiger partial charge in [-0.05, 0) is 40.2 Å². The van der Waals surface area contributed by atoms with Gasteiger partial charge in [0.05, 0.1) is 11.0 Å². The molecule has 0 aliphatic carbocycles. The lowest BCUT2D eigenvalue weighted by Crippen LogP contribution is -2.48. The first-order valence-corrected chi connectivity index (χ1v) is 7.09. The largest absolute Gasteiger partial charge is 0.374 e. The Bertz CT molecular complexity index is 271. The lowest BCUT2D eigenvalue weighted by Gasteiger charge is -2.30. The van der Waals surface area contributed by atoms with Crippen LogP contribution in [-0.2, 0) is 9.53 Å². The van der Waals surface area contributed by atoms with Crippen molar-refractivity contribution >= 4 is 5.91 Å². The van der Waals surface area contributed by atoms with E-state index in [0.29, 0.717) is 13.2 Å². The molecule has 4 nitrogen and oxygen atoms in total. The molecular weight excluding hydrogens is 228 g/mol. The fourth-order valence-corrected chi connectivity index (χ4v) is 2.67. The van der Waals surface area contributed by atoms with E-state index in [0.717, 1.165) is 32.4 Å². The van der Waals surface area contributed by atoms with Gasteiger partial charge in [0, 0.05) is 19.7 Å². The number of ether oxygens (including phenoxy) is 1. The molecule has 0 spiro atoms. The third-order valence-corrected chi connectivity index (χ3v) is 3.66. The van der Waals surface area contributed by atoms with Gasteiger partial charge in [-0.1, -0.05) is 13.3 Å². The number of hydrogen-bond acceptors (Lipinski definition) is 3. The van der Waals surface area contributed by atoms with E-state index in [1.807, 2.05) is 20.8 Å². The van der Waals surface area contributed by atoms with Crippen LogP contribution in [0.3, 0.4) is 0 Å². The van der Waals surface area contributed by atoms with Crippen molar-refractivity contribution in [2.75, 3.05) is 26.2 Å². The maximum Gasteiger partial charge on any atom is 0.227 e. The molecule has 4 heteroatoms. The van der Waals surface area contributed by atoms with Crippen LogP contribution in [0.1, 0.15) is 47.0 Å². The van der Waals surface area contributed by atoms with Crippen LogP contribution < -0.4 is 10.6 Å². The molecule has 1 atom stereocenters. The average Bonchev–Trinajstić information content (AvgIpc) is 2.76. The zero-order valence-corrected chi connectivity index (χ0v) is 12.3. The summed E-state index contributed by atoms with van der Waals surface area (Å²) in [5, 5.41) is 6.38. The fraction of sp³-hybridized carbons (Fsp3) is 0.929. The third-order valence-electron chi connectivity index (χ3n) is 3.66. The summed E-state index contributed by atoms with van der Waals surface area (Å²) < 4.78 is 5.60. The van der Waals surface area contributed by atoms with Crippen LogP contribution in [0.15, 0.2) is 0 Å². The lowest BCUT2D eigenvalue weighted by molar-refractivity contribution is -0.132. The second kappa shape index (κ2) is 6.53. The zero-order valence-electron chi connectivity index (χ0n) is 12.3. The highest BCUT2D eigenvalue weighted by molar-refractivity contribution is 5.83. The van der Waals surface area contributed by atoms with Crippen molar-refractivity contribution in [2.45, 2.75) is 52.6 Å². The van der Waals surface area contributed by atoms with Crippen molar-refractivity contribution in [1.29, 1.82) is 0 Å². The van der Waals surface area contributed by atoms with Crippen molar-refractivity contribution in [2.24, 2.45) is 5.41 Å². The minimum absolute atomic E-state index is 0.183. The first-order chi connectivity index (χ1) is 8.46. The van der Waals surface area contributed by atoms with Gasteiger partial charge in [0.25, 0.3) is 0 Å². The summed E-state index contributed by atoms with van der Waals surface area (Å²) in [5.74, 6) is 0.183. The Morgan fingerprint density at radius 1 is 1.44 bits per heavy atom. The summed E-state index contributed by atoms with van der Waals surface area (Å²) in [7, 11) is 0. The predicted molar refractivity (Wildman–Crippen MR) is 73.5 cm³/mol. The highest BCUT2D eigenvalue weighted by atomic mass is 16.5. The Kier molecular flexibility index (Phi) is 5.60. The van der Waals surface area contributed by atoms with Gasteiger partial charge >= 0.3 is 0 Å². The molecule has 0 bridgehead atoms. The molecule has 1 heterocycles. The van der Waals surface area contributed by atoms with Gasteiger partial charge in [-0.2, -0.15) is 0 Å². The van der Waals surface area contributed by atoms with E-state index in [9.17, 15) is 4.79 Å². The minimum atomic E-state index is -0.288. The molecule has 2 N–H and O–H groups in total. The maximum absolute atomic E-state index is 12.4. The molecule has 18 heavy (non-hydrogen) atoms. The summed E-state index contributed by atoms with van der Waals surface area (Å²) >= 11 is 0. The maximum atomic E-state index is 12.4. The molecule has 1 saturated heterocycles. The van der Waals surface area contributed by atoms with E-state index < -0.39 is 0 Å². The number of amides is 1. The van der Waals surface area contributed by atoms with Crippen LogP contribution in [0.4, 0.5) is 0 Å². The first-order valence-electron chi connectivity index (χ1n) is 7.09. The van der Waals surface area contributed by atoms with Crippen LogP contribution in [-0.4, -0.2) is 37.7 Å². The number of rotatable bonds is 7. The molecule has 1 aliphatic rings. The van der Waals surface area contributed by atoms with Crippen LogP contribution >= 0.6 is 0 Å². The van der Waals surface area contributed by atoms with Crippen LogP contribution in [0.25, 0.3) is 0 Å². The smallest absolute Gasteiger partial charge is 0.227 e. The summed E-state index contributed by atoms with van der Waals surface area (Å²) in [5.41, 5.74) is -0.485. The molecular formula is C14H28N2O2. The number of carbonyl (C=O) groups is 1. The van der Waals surface area contributed by atoms with E-state index in [1.54, 1.807) is 0 Å². The third kappa shape index (κ3) is 3.95. The standard InChI is InChI=1S/C14H28N2O2/c1-5-7-14(8-9-15-11-14)12(17)16-10-13(3,4)18-6-2/h15H,5-11H2,1-4H3,(H,16,17). The molecule has 0 aromatic heterocycles. The second-order valence-corrected chi connectivity index (χ2v) is 5.83. The van der Waals surface area contributed by atoms with E-state index in [1.165, 1.54) is 0 Å². The van der Waals surface area contributed by atoms with Crippen molar-refractivity contribution < 1.29 is 9.53 Å². The van der Waals surface area contributed by atoms with E-state index in [4.69, 9.17) is 4.74 Å². The molecule has 1 unspecified atom stereocenters. The molecule has 1 aliphatic heterocycles. The molecule has 106 valence electrons. The van der Waals surface area contributed by atoms with Crippen molar-refractivity contribution in [3.05, 3.63) is 0 Å². The Morgan fingerprint density at radius 2 is 2.17 bits per heavy atom. The van der Waals surface area contributed by atoms with Gasteiger partial charge in [0.2, 0.25) is 5.91 Å². The molecule has 0 aromatic carbocycles. The zero-order chi connectivity index (χ0) is 13.6. The average molecular weight is 256 g/mol. The highest BCUT2D eigenvalue weighted by Gasteiger charge is 2.40. The number of carbonyl (C=O) groups excluding carboxylic acids is 1. The first kappa shape index (κ1) is 15.4. The van der Waals surface area contributed by atoms with Gasteiger partial charge in [-0.25, -0.2) is 0 Å². The molecule has 0 aromatic rings. The molecule has 1 amide bonds. The quantitative estimate of drug-likeness (QED) is 0.729. The molecule has 1 rings (SSSR count). The molecule has 1 fully saturated rings. The van der Waals surface area contributed by atoms with Crippen molar-refractivity contribution in [3.8, 4) is 0 Å². The summed E-state index contributed by atoms with van der Waals surface area (Å²) in [6.07, 6.45) is 2.95. The van der Waals surface area contributed by atoms with Crippen LogP contribution in [0, 0.1) is 5.41 Å². The van der Waals surface area contributed by atoms with E-state index in [2.05, 4.69) is 17.6 Å². The van der Waals surface area contributed by atoms with Crippen LogP contribution in [0.5, 0.6) is 0 Å². The highest BCUT2D eigenvalue weighted by Crippen LogP contribution is 2.31. The number of hydrogen-bond donors (Lipinski definition) is 2. The Labute approximate surface area is 111 Å². The fourth-order valence-electron chi connectivity index (χ4n) is 2.67. The SMILES string of the molecule is CCCC1(C(=O)NCC(C)(C)OCC)CCNC1. The minimum Gasteiger partial charge on any atom is -0.374 e.